The Morgan fingerprint density at radius 1 is 1.15 bits per heavy atom. The lowest BCUT2D eigenvalue weighted by atomic mass is 10.0. The first kappa shape index (κ1) is 16.7. The molecule has 0 fully saturated rings. The molecule has 26 heavy (non-hydrogen) atoms. The maximum atomic E-state index is 12.9. The number of nitrogens with two attached hydrogens (primary N) is 1. The van der Waals surface area contributed by atoms with Gasteiger partial charge >= 0.3 is 0 Å². The molecular weight excluding hydrogens is 375 g/mol. The number of para-hydroxylation sites is 1. The van der Waals surface area contributed by atoms with Crippen molar-refractivity contribution in [2.45, 2.75) is 5.66 Å². The van der Waals surface area contributed by atoms with Gasteiger partial charge in [0.25, 0.3) is 11.6 Å². The van der Waals surface area contributed by atoms with Crippen LogP contribution in [-0.2, 0) is 10.5 Å². The van der Waals surface area contributed by atoms with Crippen molar-refractivity contribution in [3.63, 3.8) is 0 Å². The third-order valence-corrected chi connectivity index (χ3v) is 4.61. The van der Waals surface area contributed by atoms with E-state index in [0.29, 0.717) is 21.3 Å². The number of aliphatic imine (C=N–C) groups is 2. The van der Waals surface area contributed by atoms with Gasteiger partial charge in [-0.05, 0) is 24.3 Å². The van der Waals surface area contributed by atoms with Crippen LogP contribution < -0.4 is 21.3 Å². The number of nitrogens with zero attached hydrogens (tertiary/aromatic N) is 3. The van der Waals surface area contributed by atoms with Gasteiger partial charge < -0.3 is 16.0 Å². The summed E-state index contributed by atoms with van der Waals surface area (Å²) in [5, 5.41) is 6.81. The van der Waals surface area contributed by atoms with Crippen molar-refractivity contribution in [1.82, 2.24) is 5.32 Å². The van der Waals surface area contributed by atoms with E-state index in [9.17, 15) is 4.79 Å². The molecule has 132 valence electrons. The third kappa shape index (κ3) is 2.56. The van der Waals surface area contributed by atoms with Crippen molar-refractivity contribution in [3.05, 3.63) is 58.1 Å². The van der Waals surface area contributed by atoms with Gasteiger partial charge in [-0.3, -0.25) is 10.1 Å². The monoisotopic (exact) mass is 388 g/mol. The summed E-state index contributed by atoms with van der Waals surface area (Å²) in [6.07, 6.45) is 0. The molecule has 4 rings (SSSR count). The second kappa shape index (κ2) is 5.89. The fourth-order valence-corrected chi connectivity index (χ4v) is 3.62. The van der Waals surface area contributed by atoms with Crippen molar-refractivity contribution in [2.75, 3.05) is 17.3 Å². The molecule has 1 spiro atoms. The SMILES string of the molecule is CN1C(=O)[C@]2(N=C(N)NC(Nc3cc(Cl)cc(Cl)c3)=N2)c2ccccc21. The highest BCUT2D eigenvalue weighted by molar-refractivity contribution is 6.35. The van der Waals surface area contributed by atoms with E-state index in [0.717, 1.165) is 5.69 Å². The molecule has 0 unspecified atom stereocenters. The number of rotatable bonds is 1. The lowest BCUT2D eigenvalue weighted by molar-refractivity contribution is -0.122. The van der Waals surface area contributed by atoms with Gasteiger partial charge in [-0.15, -0.1) is 0 Å². The molecule has 0 saturated heterocycles. The molecule has 1 atom stereocenters. The molecule has 7 nitrogen and oxygen atoms in total. The molecular formula is C17H14Cl2N6O. The van der Waals surface area contributed by atoms with E-state index in [4.69, 9.17) is 28.9 Å². The zero-order chi connectivity index (χ0) is 18.5. The third-order valence-electron chi connectivity index (χ3n) is 4.17. The van der Waals surface area contributed by atoms with E-state index in [1.165, 1.54) is 4.90 Å². The average molecular weight is 389 g/mol. The fraction of sp³-hybridized carbons (Fsp3) is 0.118. The number of carbonyl (C=O) groups is 1. The highest BCUT2D eigenvalue weighted by Gasteiger charge is 2.52. The van der Waals surface area contributed by atoms with Gasteiger partial charge in [0.05, 0.1) is 5.69 Å². The molecule has 2 heterocycles. The van der Waals surface area contributed by atoms with Crippen molar-refractivity contribution in [1.29, 1.82) is 0 Å². The number of nitrogens with one attached hydrogen (secondary N) is 2. The van der Waals surface area contributed by atoms with Gasteiger partial charge in [0.2, 0.25) is 5.96 Å². The standard InChI is InChI=1S/C17H14Cl2N6O/c1-25-13-5-3-2-4-12(13)17(14(25)26)23-15(20)22-16(24-17)21-11-7-9(18)6-10(19)8-11/h2-8H,1H3,(H4,20,21,22,23,24)/t17-/m0/s1. The van der Waals surface area contributed by atoms with Crippen molar-refractivity contribution in [3.8, 4) is 0 Å². The normalized spacial score (nSPS) is 21.2. The van der Waals surface area contributed by atoms with E-state index in [1.54, 1.807) is 25.2 Å². The molecule has 2 aliphatic heterocycles. The Bertz CT molecular complexity index is 969. The minimum absolute atomic E-state index is 0.0779. The highest BCUT2D eigenvalue weighted by Crippen LogP contribution is 2.43. The molecule has 4 N–H and O–H groups in total. The molecule has 0 aliphatic carbocycles. The van der Waals surface area contributed by atoms with Crippen LogP contribution in [0.5, 0.6) is 0 Å². The predicted molar refractivity (Wildman–Crippen MR) is 104 cm³/mol. The molecule has 2 aliphatic rings. The summed E-state index contributed by atoms with van der Waals surface area (Å²) in [4.78, 5) is 23.3. The first-order valence-electron chi connectivity index (χ1n) is 7.72. The zero-order valence-corrected chi connectivity index (χ0v) is 15.1. The van der Waals surface area contributed by atoms with Crippen LogP contribution in [0, 0.1) is 0 Å². The predicted octanol–water partition coefficient (Wildman–Crippen LogP) is 2.51. The number of guanidine groups is 2. The van der Waals surface area contributed by atoms with Crippen LogP contribution in [0.1, 0.15) is 5.56 Å². The number of benzene rings is 2. The highest BCUT2D eigenvalue weighted by atomic mass is 35.5. The van der Waals surface area contributed by atoms with Crippen LogP contribution >= 0.6 is 23.2 Å². The first-order valence-corrected chi connectivity index (χ1v) is 8.47. The summed E-state index contributed by atoms with van der Waals surface area (Å²) in [5.41, 5.74) is 6.51. The summed E-state index contributed by atoms with van der Waals surface area (Å²) in [7, 11) is 1.68. The minimum Gasteiger partial charge on any atom is -0.370 e. The Morgan fingerprint density at radius 3 is 2.58 bits per heavy atom. The number of hydrogen-bond acceptors (Lipinski definition) is 6. The van der Waals surface area contributed by atoms with E-state index in [-0.39, 0.29) is 17.8 Å². The van der Waals surface area contributed by atoms with Crippen LogP contribution in [0.2, 0.25) is 10.0 Å². The number of halogens is 2. The van der Waals surface area contributed by atoms with Gasteiger partial charge in [-0.25, -0.2) is 9.98 Å². The summed E-state index contributed by atoms with van der Waals surface area (Å²) in [6, 6.07) is 12.3. The van der Waals surface area contributed by atoms with Gasteiger partial charge in [0, 0.05) is 28.3 Å². The zero-order valence-electron chi connectivity index (χ0n) is 13.6. The van der Waals surface area contributed by atoms with Gasteiger partial charge in [-0.2, -0.15) is 0 Å². The van der Waals surface area contributed by atoms with E-state index >= 15 is 0 Å². The minimum atomic E-state index is -1.45. The van der Waals surface area contributed by atoms with Crippen molar-refractivity contribution in [2.24, 2.45) is 15.7 Å². The molecule has 1 amide bonds. The van der Waals surface area contributed by atoms with E-state index in [2.05, 4.69) is 20.6 Å². The summed E-state index contributed by atoms with van der Waals surface area (Å²) < 4.78 is 0. The van der Waals surface area contributed by atoms with Crippen LogP contribution in [-0.4, -0.2) is 24.9 Å². The van der Waals surface area contributed by atoms with Crippen LogP contribution in [0.4, 0.5) is 11.4 Å². The molecule has 2 aromatic carbocycles. The molecule has 0 bridgehead atoms. The number of carbonyl (C=O) groups excluding carboxylic acids is 1. The second-order valence-electron chi connectivity index (χ2n) is 5.92. The quantitative estimate of drug-likeness (QED) is 0.699. The van der Waals surface area contributed by atoms with Crippen molar-refractivity contribution < 1.29 is 4.79 Å². The van der Waals surface area contributed by atoms with Crippen LogP contribution in [0.15, 0.2) is 52.4 Å². The number of hydrogen-bond donors (Lipinski definition) is 3. The Labute approximate surface area is 159 Å². The first-order chi connectivity index (χ1) is 12.4. The maximum absolute atomic E-state index is 12.9. The largest absolute Gasteiger partial charge is 0.370 e. The Balaban J connectivity index is 1.80. The maximum Gasteiger partial charge on any atom is 0.282 e. The van der Waals surface area contributed by atoms with Crippen molar-refractivity contribution >= 4 is 52.4 Å². The molecule has 0 radical (unpaired) electrons. The molecule has 9 heteroatoms. The summed E-state index contributed by atoms with van der Waals surface area (Å²) in [5.74, 6) is 0.0648. The fourth-order valence-electron chi connectivity index (χ4n) is 3.10. The van der Waals surface area contributed by atoms with E-state index in [1.807, 2.05) is 24.3 Å². The topological polar surface area (TPSA) is 95.1 Å². The summed E-state index contributed by atoms with van der Waals surface area (Å²) >= 11 is 12.1. The Hall–Kier alpha value is -2.77. The average Bonchev–Trinajstić information content (AvgIpc) is 2.76. The molecule has 0 saturated carbocycles. The van der Waals surface area contributed by atoms with E-state index < -0.39 is 5.66 Å². The second-order valence-corrected chi connectivity index (χ2v) is 6.79. The number of fused-ring (bicyclic) bond motifs is 2. The van der Waals surface area contributed by atoms with Gasteiger partial charge in [-0.1, -0.05) is 41.4 Å². The molecule has 2 aromatic rings. The Morgan fingerprint density at radius 2 is 1.85 bits per heavy atom. The van der Waals surface area contributed by atoms with Crippen LogP contribution in [0.25, 0.3) is 0 Å². The Kier molecular flexibility index (Phi) is 3.78. The number of amides is 1. The lowest BCUT2D eigenvalue weighted by Gasteiger charge is -2.26. The van der Waals surface area contributed by atoms with Gasteiger partial charge in [0.1, 0.15) is 0 Å². The lowest BCUT2D eigenvalue weighted by Crippen LogP contribution is -2.50. The number of likely N-dealkylation sites (N-methyl/N-ethyl adjacent to an activating group) is 1. The van der Waals surface area contributed by atoms with Crippen LogP contribution in [0.3, 0.4) is 0 Å². The van der Waals surface area contributed by atoms with Gasteiger partial charge in [0.15, 0.2) is 5.96 Å². The smallest absolute Gasteiger partial charge is 0.282 e. The number of anilines is 2. The molecule has 0 aromatic heterocycles. The summed E-state index contributed by atoms with van der Waals surface area (Å²) in [6.45, 7) is 0.